The highest BCUT2D eigenvalue weighted by molar-refractivity contribution is 7.25. The van der Waals surface area contributed by atoms with E-state index in [9.17, 15) is 5.26 Å². The molecule has 226 valence electrons. The predicted molar refractivity (Wildman–Crippen MR) is 207 cm³/mol. The summed E-state index contributed by atoms with van der Waals surface area (Å²) in [5, 5.41) is 19.3. The summed E-state index contributed by atoms with van der Waals surface area (Å²) in [5.74, 6) is 0. The Balaban J connectivity index is 1.08. The number of thiophene rings is 1. The van der Waals surface area contributed by atoms with Crippen LogP contribution in [0.1, 0.15) is 5.56 Å². The molecule has 0 spiro atoms. The summed E-state index contributed by atoms with van der Waals surface area (Å²) >= 11 is 1.77. The van der Waals surface area contributed by atoms with E-state index in [0.717, 1.165) is 27.9 Å². The lowest BCUT2D eigenvalue weighted by atomic mass is 9.87. The minimum absolute atomic E-state index is 0.695. The van der Waals surface area contributed by atoms with E-state index >= 15 is 0 Å². The first-order chi connectivity index (χ1) is 24.2. The van der Waals surface area contributed by atoms with Crippen molar-refractivity contribution in [2.45, 2.75) is 0 Å². The van der Waals surface area contributed by atoms with Crippen molar-refractivity contribution in [2.24, 2.45) is 0 Å². The van der Waals surface area contributed by atoms with Crippen LogP contribution in [-0.4, -0.2) is 4.98 Å². The van der Waals surface area contributed by atoms with Crippen LogP contribution in [0.3, 0.4) is 0 Å². The van der Waals surface area contributed by atoms with Gasteiger partial charge in [0.1, 0.15) is 0 Å². The number of benzene rings is 8. The molecule has 0 saturated carbocycles. The van der Waals surface area contributed by atoms with E-state index in [1.54, 1.807) is 11.3 Å². The molecule has 0 N–H and O–H groups in total. The number of nitriles is 1. The van der Waals surface area contributed by atoms with Gasteiger partial charge in [0.25, 0.3) is 0 Å². The van der Waals surface area contributed by atoms with Gasteiger partial charge in [0.2, 0.25) is 0 Å². The van der Waals surface area contributed by atoms with Crippen LogP contribution in [0, 0.1) is 11.3 Å². The summed E-state index contributed by atoms with van der Waals surface area (Å²) in [6, 6.07) is 58.6. The number of fused-ring (bicyclic) bond motifs is 3. The van der Waals surface area contributed by atoms with Crippen molar-refractivity contribution < 1.29 is 0 Å². The van der Waals surface area contributed by atoms with E-state index < -0.39 is 0 Å². The Kier molecular flexibility index (Phi) is 6.15. The van der Waals surface area contributed by atoms with Crippen molar-refractivity contribution in [3.63, 3.8) is 0 Å². The Labute approximate surface area is 287 Å². The third-order valence-electron chi connectivity index (χ3n) is 9.89. The zero-order valence-corrected chi connectivity index (χ0v) is 27.1. The predicted octanol–water partition coefficient (Wildman–Crippen LogP) is 12.9. The molecule has 2 nitrogen and oxygen atoms in total. The van der Waals surface area contributed by atoms with Crippen LogP contribution in [0.2, 0.25) is 0 Å². The van der Waals surface area contributed by atoms with Crippen molar-refractivity contribution in [3.8, 4) is 50.8 Å². The fraction of sp³-hybridized carbons (Fsp3) is 0. The summed E-state index contributed by atoms with van der Waals surface area (Å²) < 4.78 is 2.45. The smallest absolute Gasteiger partial charge is 0.0991 e. The van der Waals surface area contributed by atoms with Crippen molar-refractivity contribution >= 4 is 63.8 Å². The lowest BCUT2D eigenvalue weighted by Gasteiger charge is -2.16. The summed E-state index contributed by atoms with van der Waals surface area (Å²) in [7, 11) is 0. The third kappa shape index (κ3) is 4.43. The Morgan fingerprint density at radius 3 is 1.80 bits per heavy atom. The molecule has 3 heteroatoms. The van der Waals surface area contributed by atoms with Gasteiger partial charge >= 0.3 is 0 Å². The summed E-state index contributed by atoms with van der Waals surface area (Å²) in [6.45, 7) is 0. The first kappa shape index (κ1) is 27.7. The van der Waals surface area contributed by atoms with Gasteiger partial charge < -0.3 is 0 Å². The van der Waals surface area contributed by atoms with Gasteiger partial charge in [0, 0.05) is 31.3 Å². The molecule has 0 aliphatic carbocycles. The Hall–Kier alpha value is -6.34. The molecule has 10 rings (SSSR count). The van der Waals surface area contributed by atoms with Crippen LogP contribution in [0.25, 0.3) is 97.3 Å². The minimum atomic E-state index is 0.695. The maximum absolute atomic E-state index is 9.46. The van der Waals surface area contributed by atoms with E-state index in [4.69, 9.17) is 4.98 Å². The molecule has 0 radical (unpaired) electrons. The summed E-state index contributed by atoms with van der Waals surface area (Å²) in [4.78, 5) is 5.12. The van der Waals surface area contributed by atoms with Gasteiger partial charge in [-0.3, -0.25) is 0 Å². The SMILES string of the molecule is N#Cc1ccc2sc3ccc(-c4ccc(-c5ccc6ccc7c(-c8cccc(-c9ccccc9)n8)ccc8ccc5c6c87)cc4)cc3c2c1. The van der Waals surface area contributed by atoms with Crippen LogP contribution in [-0.2, 0) is 0 Å². The maximum atomic E-state index is 9.46. The minimum Gasteiger partial charge on any atom is -0.248 e. The van der Waals surface area contributed by atoms with E-state index in [0.29, 0.717) is 5.56 Å². The standard InChI is InChI=1S/C46H26N2S/c47-27-28-9-23-43-39(25-28)40-26-34(18-24-44(40)49-43)29-10-12-30(13-11-29)35-19-14-32-17-22-38-36(20-15-33-16-21-37(35)45(32)46(33)38)42-8-4-7-41(48-42)31-5-2-1-3-6-31/h1-26H. The number of hydrogen-bond acceptors (Lipinski definition) is 3. The van der Waals surface area contributed by atoms with Crippen molar-refractivity contribution in [2.75, 3.05) is 0 Å². The third-order valence-corrected chi connectivity index (χ3v) is 11.0. The number of nitrogens with zero attached hydrogens (tertiary/aromatic N) is 2. The maximum Gasteiger partial charge on any atom is 0.0991 e. The second-order valence-corrected chi connectivity index (χ2v) is 13.7. The Morgan fingerprint density at radius 1 is 0.429 bits per heavy atom. The number of hydrogen-bond donors (Lipinski definition) is 0. The highest BCUT2D eigenvalue weighted by Crippen LogP contribution is 2.43. The average molecular weight is 639 g/mol. The molecule has 0 fully saturated rings. The lowest BCUT2D eigenvalue weighted by molar-refractivity contribution is 1.33. The fourth-order valence-corrected chi connectivity index (χ4v) is 8.57. The molecule has 0 atom stereocenters. The van der Waals surface area contributed by atoms with E-state index in [1.807, 2.05) is 18.2 Å². The van der Waals surface area contributed by atoms with Gasteiger partial charge in [-0.1, -0.05) is 115 Å². The van der Waals surface area contributed by atoms with Gasteiger partial charge in [-0.2, -0.15) is 5.26 Å². The molecular formula is C46H26N2S. The molecule has 8 aromatic carbocycles. The molecule has 49 heavy (non-hydrogen) atoms. The molecule has 0 amide bonds. The van der Waals surface area contributed by atoms with Crippen molar-refractivity contribution in [1.82, 2.24) is 4.98 Å². The molecule has 0 bridgehead atoms. The van der Waals surface area contributed by atoms with Gasteiger partial charge in [-0.15, -0.1) is 11.3 Å². The molecule has 2 heterocycles. The van der Waals surface area contributed by atoms with Crippen LogP contribution < -0.4 is 0 Å². The lowest BCUT2D eigenvalue weighted by Crippen LogP contribution is -1.92. The van der Waals surface area contributed by atoms with Gasteiger partial charge in [-0.05, 0) is 97.0 Å². The normalized spacial score (nSPS) is 11.7. The van der Waals surface area contributed by atoms with Gasteiger partial charge in [0.15, 0.2) is 0 Å². The first-order valence-electron chi connectivity index (χ1n) is 16.4. The van der Waals surface area contributed by atoms with Gasteiger partial charge in [-0.25, -0.2) is 4.98 Å². The molecule has 0 unspecified atom stereocenters. The van der Waals surface area contributed by atoms with Crippen molar-refractivity contribution in [1.29, 1.82) is 5.26 Å². The van der Waals surface area contributed by atoms with Crippen LogP contribution in [0.15, 0.2) is 158 Å². The molecule has 0 saturated heterocycles. The zero-order valence-electron chi connectivity index (χ0n) is 26.3. The van der Waals surface area contributed by atoms with E-state index in [1.165, 1.54) is 69.4 Å². The van der Waals surface area contributed by atoms with Crippen LogP contribution in [0.4, 0.5) is 0 Å². The second kappa shape index (κ2) is 10.9. The molecule has 0 aliphatic heterocycles. The highest BCUT2D eigenvalue weighted by atomic mass is 32.1. The fourth-order valence-electron chi connectivity index (χ4n) is 7.50. The topological polar surface area (TPSA) is 36.7 Å². The molecule has 2 aromatic heterocycles. The number of rotatable bonds is 4. The van der Waals surface area contributed by atoms with E-state index in [2.05, 4.69) is 146 Å². The molecule has 0 aliphatic rings. The largest absolute Gasteiger partial charge is 0.248 e. The monoisotopic (exact) mass is 638 g/mol. The molecule has 10 aromatic rings. The van der Waals surface area contributed by atoms with Crippen molar-refractivity contribution in [3.05, 3.63) is 163 Å². The van der Waals surface area contributed by atoms with Crippen LogP contribution in [0.5, 0.6) is 0 Å². The Morgan fingerprint density at radius 2 is 1.04 bits per heavy atom. The first-order valence-corrected chi connectivity index (χ1v) is 17.2. The highest BCUT2D eigenvalue weighted by Gasteiger charge is 2.16. The zero-order chi connectivity index (χ0) is 32.5. The van der Waals surface area contributed by atoms with Crippen LogP contribution >= 0.6 is 11.3 Å². The second-order valence-electron chi connectivity index (χ2n) is 12.6. The van der Waals surface area contributed by atoms with Gasteiger partial charge in [0.05, 0.1) is 23.0 Å². The number of pyridine rings is 1. The number of aromatic nitrogens is 1. The molecular weight excluding hydrogens is 613 g/mol. The summed E-state index contributed by atoms with van der Waals surface area (Å²) in [6.07, 6.45) is 0. The summed E-state index contributed by atoms with van der Waals surface area (Å²) in [5.41, 5.74) is 9.69. The quantitative estimate of drug-likeness (QED) is 0.180. The average Bonchev–Trinajstić information content (AvgIpc) is 3.54. The Bertz CT molecular complexity index is 2930. The van der Waals surface area contributed by atoms with E-state index in [-0.39, 0.29) is 0 Å².